The summed E-state index contributed by atoms with van der Waals surface area (Å²) in [6.07, 6.45) is 7.57. The van der Waals surface area contributed by atoms with Crippen molar-refractivity contribution >= 4 is 52.6 Å². The number of fused-ring (bicyclic) bond motifs is 2. The molecule has 3 aromatic rings. The summed E-state index contributed by atoms with van der Waals surface area (Å²) >= 11 is 6.20. The monoisotopic (exact) mass is 804 g/mol. The second-order valence-electron chi connectivity index (χ2n) is 16.3. The summed E-state index contributed by atoms with van der Waals surface area (Å²) < 4.78 is 6.18. The van der Waals surface area contributed by atoms with Gasteiger partial charge < -0.3 is 19.4 Å². The van der Waals surface area contributed by atoms with E-state index in [-0.39, 0.29) is 30.9 Å². The Morgan fingerprint density at radius 2 is 1.55 bits per heavy atom. The lowest BCUT2D eigenvalue weighted by molar-refractivity contribution is -0.136. The number of benzene rings is 2. The van der Waals surface area contributed by atoms with Crippen molar-refractivity contribution in [1.29, 1.82) is 5.26 Å². The lowest BCUT2D eigenvalue weighted by Gasteiger charge is -2.40. The Bertz CT molecular complexity index is 2220. The summed E-state index contributed by atoms with van der Waals surface area (Å²) in [5.41, 5.74) is 3.66. The first-order chi connectivity index (χ1) is 28.1. The van der Waals surface area contributed by atoms with Gasteiger partial charge in [-0.15, -0.1) is 0 Å². The lowest BCUT2D eigenvalue weighted by atomic mass is 9.92. The number of halogens is 1. The number of anilines is 2. The van der Waals surface area contributed by atoms with Gasteiger partial charge >= 0.3 is 0 Å². The van der Waals surface area contributed by atoms with Crippen LogP contribution in [0.1, 0.15) is 93.6 Å². The number of nitriles is 1. The van der Waals surface area contributed by atoms with E-state index in [0.29, 0.717) is 45.5 Å². The molecule has 2 aromatic carbocycles. The highest BCUT2D eigenvalue weighted by Crippen LogP contribution is 2.36. The fourth-order valence-corrected chi connectivity index (χ4v) is 9.78. The number of imide groups is 2. The van der Waals surface area contributed by atoms with Gasteiger partial charge in [-0.25, -0.2) is 4.98 Å². The van der Waals surface area contributed by atoms with Crippen LogP contribution in [0.3, 0.4) is 0 Å². The molecule has 0 spiro atoms. The molecule has 4 fully saturated rings. The molecule has 0 bridgehead atoms. The molecule has 6 aliphatic rings. The molecule has 1 saturated carbocycles. The first kappa shape index (κ1) is 38.0. The summed E-state index contributed by atoms with van der Waals surface area (Å²) in [4.78, 5) is 78.9. The summed E-state index contributed by atoms with van der Waals surface area (Å²) in [5, 5.41) is 11.8. The number of hydrogen-bond acceptors (Lipinski definition) is 11. The van der Waals surface area contributed by atoms with Crippen molar-refractivity contribution in [1.82, 2.24) is 25.0 Å². The molecule has 5 aliphatic heterocycles. The Morgan fingerprint density at radius 1 is 0.793 bits per heavy atom. The van der Waals surface area contributed by atoms with Gasteiger partial charge in [-0.2, -0.15) is 5.26 Å². The van der Waals surface area contributed by atoms with Gasteiger partial charge in [0.05, 0.1) is 33.4 Å². The van der Waals surface area contributed by atoms with Crippen LogP contribution in [0.25, 0.3) is 0 Å². The van der Waals surface area contributed by atoms with E-state index in [1.165, 1.54) is 0 Å². The van der Waals surface area contributed by atoms with E-state index in [9.17, 15) is 24.0 Å². The Kier molecular flexibility index (Phi) is 10.3. The zero-order valence-electron chi connectivity index (χ0n) is 32.2. The average Bonchev–Trinajstić information content (AvgIpc) is 3.69. The molecule has 14 nitrogen and oxygen atoms in total. The molecule has 5 amide bonds. The molecular formula is C43H45ClN8O6. The number of aromatic nitrogens is 1. The fourth-order valence-electron chi connectivity index (χ4n) is 9.57. The van der Waals surface area contributed by atoms with Crippen LogP contribution in [0, 0.1) is 17.2 Å². The van der Waals surface area contributed by atoms with Gasteiger partial charge in [0.25, 0.3) is 17.7 Å². The molecule has 15 heteroatoms. The number of amides is 5. The number of ether oxygens (including phenoxy) is 1. The molecule has 9 rings (SSSR count). The third kappa shape index (κ3) is 7.26. The van der Waals surface area contributed by atoms with Gasteiger partial charge in [0.2, 0.25) is 11.8 Å². The van der Waals surface area contributed by atoms with Gasteiger partial charge in [-0.3, -0.25) is 39.1 Å². The third-order valence-electron chi connectivity index (χ3n) is 12.9. The maximum atomic E-state index is 13.5. The number of rotatable bonds is 8. The number of nitrogens with one attached hydrogen (secondary N) is 1. The minimum atomic E-state index is -0.974. The molecule has 1 N–H and O–H groups in total. The van der Waals surface area contributed by atoms with Crippen molar-refractivity contribution in [2.24, 2.45) is 5.92 Å². The average molecular weight is 805 g/mol. The van der Waals surface area contributed by atoms with E-state index in [4.69, 9.17) is 26.6 Å². The lowest BCUT2D eigenvalue weighted by Crippen LogP contribution is -2.54. The quantitative estimate of drug-likeness (QED) is 0.322. The number of nitrogens with zero attached hydrogens (tertiary/aromatic N) is 7. The highest BCUT2D eigenvalue weighted by atomic mass is 35.5. The number of piperidine rings is 2. The van der Waals surface area contributed by atoms with Crippen molar-refractivity contribution < 1.29 is 28.7 Å². The zero-order chi connectivity index (χ0) is 40.1. The highest BCUT2D eigenvalue weighted by molar-refractivity contribution is 6.31. The third-order valence-corrected chi connectivity index (χ3v) is 13.2. The van der Waals surface area contributed by atoms with Crippen LogP contribution in [-0.2, 0) is 16.1 Å². The SMILES string of the molecule is N#Cc1ccc(OC2CCC(N3Cc4cc(N5CCC(CN6CCN(c7ccc8c(c7)C(=O)N(C7CCC(=O)NC7=O)C8=O)CC6)CC5)ncc4C3=O)CC2)cc1Cl. The number of hydrogen-bond donors (Lipinski definition) is 1. The Labute approximate surface area is 341 Å². The van der Waals surface area contributed by atoms with Crippen LogP contribution in [0.2, 0.25) is 5.02 Å². The molecule has 1 atom stereocenters. The summed E-state index contributed by atoms with van der Waals surface area (Å²) in [7, 11) is 0. The maximum absolute atomic E-state index is 13.5. The molecular weight excluding hydrogens is 760 g/mol. The minimum Gasteiger partial charge on any atom is -0.490 e. The Balaban J connectivity index is 0.730. The molecule has 58 heavy (non-hydrogen) atoms. The van der Waals surface area contributed by atoms with Crippen LogP contribution in [0.4, 0.5) is 11.5 Å². The van der Waals surface area contributed by atoms with Gasteiger partial charge in [0.15, 0.2) is 0 Å². The van der Waals surface area contributed by atoms with Crippen molar-refractivity contribution in [2.45, 2.75) is 76.1 Å². The van der Waals surface area contributed by atoms with Crippen molar-refractivity contribution in [2.75, 3.05) is 55.6 Å². The second-order valence-corrected chi connectivity index (χ2v) is 16.7. The van der Waals surface area contributed by atoms with E-state index in [1.54, 1.807) is 36.5 Å². The minimum absolute atomic E-state index is 0.0432. The molecule has 1 aliphatic carbocycles. The number of carbonyl (C=O) groups is 5. The van der Waals surface area contributed by atoms with Crippen LogP contribution in [0.5, 0.6) is 5.75 Å². The molecule has 1 unspecified atom stereocenters. The Hall–Kier alpha value is -5.52. The first-order valence-corrected chi connectivity index (χ1v) is 20.8. The van der Waals surface area contributed by atoms with Gasteiger partial charge in [0, 0.05) is 82.8 Å². The Morgan fingerprint density at radius 3 is 2.28 bits per heavy atom. The molecule has 3 saturated heterocycles. The van der Waals surface area contributed by atoms with Crippen molar-refractivity contribution in [3.63, 3.8) is 0 Å². The van der Waals surface area contributed by atoms with E-state index in [0.717, 1.165) is 106 Å². The highest BCUT2D eigenvalue weighted by Gasteiger charge is 2.45. The van der Waals surface area contributed by atoms with Crippen LogP contribution >= 0.6 is 11.6 Å². The summed E-state index contributed by atoms with van der Waals surface area (Å²) in [5.74, 6) is 0.262. The van der Waals surface area contributed by atoms with Gasteiger partial charge in [-0.05, 0) is 92.8 Å². The standard InChI is InChI=1S/C43H45ClN8O6/c44-36-21-32(5-1-27(36)22-45)58-31-6-2-29(3-7-31)51-25-28-19-38(46-23-35(28)41(51)55)50-13-11-26(12-14-50)24-48-15-17-49(18-16-48)30-4-8-33-34(20-30)43(57)52(42(33)56)37-9-10-39(53)47-40(37)54/h1,4-5,8,19-21,23,26,29,31,37H,2-3,6-7,9-18,24-25H2,(H,47,53,54). The van der Waals surface area contributed by atoms with Crippen molar-refractivity contribution in [3.8, 4) is 11.8 Å². The smallest absolute Gasteiger partial charge is 0.262 e. The predicted octanol–water partition coefficient (Wildman–Crippen LogP) is 4.39. The largest absolute Gasteiger partial charge is 0.490 e. The normalized spacial score (nSPS) is 24.2. The number of carbonyl (C=O) groups excluding carboxylic acids is 5. The second kappa shape index (κ2) is 15.7. The maximum Gasteiger partial charge on any atom is 0.262 e. The summed E-state index contributed by atoms with van der Waals surface area (Å²) in [6.45, 7) is 6.85. The van der Waals surface area contributed by atoms with E-state index in [2.05, 4.69) is 32.2 Å². The van der Waals surface area contributed by atoms with Crippen LogP contribution in [-0.4, -0.2) is 113 Å². The number of piperazine rings is 1. The molecule has 300 valence electrons. The van der Waals surface area contributed by atoms with Crippen molar-refractivity contribution in [3.05, 3.63) is 81.5 Å². The topological polar surface area (TPSA) is 159 Å². The fraction of sp³-hybridized carbons (Fsp3) is 0.465. The van der Waals surface area contributed by atoms with Gasteiger partial charge in [0.1, 0.15) is 23.7 Å². The van der Waals surface area contributed by atoms with E-state index in [1.807, 2.05) is 11.0 Å². The van der Waals surface area contributed by atoms with E-state index >= 15 is 0 Å². The van der Waals surface area contributed by atoms with Crippen LogP contribution < -0.4 is 19.9 Å². The molecule has 1 aromatic heterocycles. The molecule has 6 heterocycles. The predicted molar refractivity (Wildman–Crippen MR) is 214 cm³/mol. The molecule has 0 radical (unpaired) electrons. The van der Waals surface area contributed by atoms with E-state index < -0.39 is 29.7 Å². The number of pyridine rings is 1. The van der Waals surface area contributed by atoms with Gasteiger partial charge in [-0.1, -0.05) is 11.6 Å². The first-order valence-electron chi connectivity index (χ1n) is 20.4. The van der Waals surface area contributed by atoms with Crippen LogP contribution in [0.15, 0.2) is 48.7 Å². The summed E-state index contributed by atoms with van der Waals surface area (Å²) in [6, 6.07) is 13.9. The zero-order valence-corrected chi connectivity index (χ0v) is 33.0.